The zero-order valence-corrected chi connectivity index (χ0v) is 16.0. The molecule has 0 saturated carbocycles. The number of carbonyl (C=O) groups excluding carboxylic acids is 1. The predicted octanol–water partition coefficient (Wildman–Crippen LogP) is 0.480. The molecular weight excluding hydrogens is 372 g/mol. The topological polar surface area (TPSA) is 115 Å². The van der Waals surface area contributed by atoms with Crippen molar-refractivity contribution in [2.24, 2.45) is 0 Å². The normalized spacial score (nSPS) is 18.6. The Morgan fingerprint density at radius 1 is 1.37 bits per heavy atom. The van der Waals surface area contributed by atoms with Gasteiger partial charge in [-0.25, -0.2) is 8.42 Å². The van der Waals surface area contributed by atoms with Gasteiger partial charge in [0.15, 0.2) is 9.84 Å². The summed E-state index contributed by atoms with van der Waals surface area (Å²) in [5.74, 6) is 1.50. The van der Waals surface area contributed by atoms with E-state index in [1.165, 1.54) is 0 Å². The number of hydrogen-bond acceptors (Lipinski definition) is 8. The fourth-order valence-corrected chi connectivity index (χ4v) is 4.56. The van der Waals surface area contributed by atoms with Gasteiger partial charge >= 0.3 is 0 Å². The number of rotatable bonds is 7. The summed E-state index contributed by atoms with van der Waals surface area (Å²) in [5.41, 5.74) is 0.800. The zero-order valence-electron chi connectivity index (χ0n) is 15.2. The van der Waals surface area contributed by atoms with Crippen molar-refractivity contribution in [3.8, 4) is 17.1 Å². The van der Waals surface area contributed by atoms with Gasteiger partial charge in [0.1, 0.15) is 5.75 Å². The van der Waals surface area contributed by atoms with Gasteiger partial charge in [-0.05, 0) is 37.7 Å². The minimum atomic E-state index is -3.02. The van der Waals surface area contributed by atoms with Crippen LogP contribution in [0.3, 0.4) is 0 Å². The summed E-state index contributed by atoms with van der Waals surface area (Å²) in [4.78, 5) is 18.1. The van der Waals surface area contributed by atoms with Gasteiger partial charge in [0.05, 0.1) is 31.7 Å². The van der Waals surface area contributed by atoms with E-state index in [4.69, 9.17) is 9.26 Å². The molecule has 1 saturated heterocycles. The highest BCUT2D eigenvalue weighted by atomic mass is 32.2. The van der Waals surface area contributed by atoms with Crippen molar-refractivity contribution in [2.45, 2.75) is 19.0 Å². The second-order valence-corrected chi connectivity index (χ2v) is 8.81. The Kier molecular flexibility index (Phi) is 5.76. The second-order valence-electron chi connectivity index (χ2n) is 6.58. The quantitative estimate of drug-likeness (QED) is 0.721. The molecule has 1 amide bonds. The van der Waals surface area contributed by atoms with Gasteiger partial charge in [-0.1, -0.05) is 5.16 Å². The largest absolute Gasteiger partial charge is 0.497 e. The van der Waals surface area contributed by atoms with Gasteiger partial charge < -0.3 is 14.6 Å². The van der Waals surface area contributed by atoms with Crippen LogP contribution in [0.1, 0.15) is 12.3 Å². The van der Waals surface area contributed by atoms with Crippen molar-refractivity contribution >= 4 is 15.7 Å². The molecule has 1 aliphatic heterocycles. The van der Waals surface area contributed by atoms with Crippen molar-refractivity contribution in [3.63, 3.8) is 0 Å². The van der Waals surface area contributed by atoms with E-state index in [1.807, 2.05) is 24.3 Å². The molecule has 0 bridgehead atoms. The van der Waals surface area contributed by atoms with Crippen molar-refractivity contribution in [1.82, 2.24) is 20.4 Å². The van der Waals surface area contributed by atoms with E-state index in [1.54, 1.807) is 19.1 Å². The third-order valence-corrected chi connectivity index (χ3v) is 6.00. The maximum absolute atomic E-state index is 12.1. The van der Waals surface area contributed by atoms with Crippen LogP contribution in [-0.4, -0.2) is 67.6 Å². The lowest BCUT2D eigenvalue weighted by atomic mass is 10.2. The Hall–Kier alpha value is -2.46. The lowest BCUT2D eigenvalue weighted by Gasteiger charge is -2.16. The van der Waals surface area contributed by atoms with E-state index in [9.17, 15) is 13.2 Å². The Labute approximate surface area is 157 Å². The van der Waals surface area contributed by atoms with Gasteiger partial charge in [-0.15, -0.1) is 0 Å². The zero-order chi connectivity index (χ0) is 19.4. The molecule has 1 atom stereocenters. The van der Waals surface area contributed by atoms with Crippen LogP contribution < -0.4 is 10.1 Å². The molecule has 1 fully saturated rings. The van der Waals surface area contributed by atoms with Crippen molar-refractivity contribution in [1.29, 1.82) is 0 Å². The van der Waals surface area contributed by atoms with Crippen LogP contribution in [0.5, 0.6) is 5.75 Å². The standard InChI is InChI=1S/C17H22N4O5S/c1-21(9-15(22)18-13-7-8-27(23,24)11-13)10-16-19-17(20-26-16)12-3-5-14(25-2)6-4-12/h3-6,13H,7-11H2,1-2H3,(H,18,22)/t13-/m0/s1. The maximum atomic E-state index is 12.1. The van der Waals surface area contributed by atoms with Crippen LogP contribution in [0.25, 0.3) is 11.4 Å². The Balaban J connectivity index is 1.51. The minimum absolute atomic E-state index is 0.0112. The second kappa shape index (κ2) is 8.05. The number of ether oxygens (including phenoxy) is 1. The molecule has 146 valence electrons. The molecule has 3 rings (SSSR count). The number of likely N-dealkylation sites (N-methyl/N-ethyl adjacent to an activating group) is 1. The van der Waals surface area contributed by atoms with Crippen LogP contribution in [0.2, 0.25) is 0 Å². The molecule has 10 heteroatoms. The molecule has 1 N–H and O–H groups in total. The average Bonchev–Trinajstić information content (AvgIpc) is 3.21. The first kappa shape index (κ1) is 19.3. The maximum Gasteiger partial charge on any atom is 0.241 e. The number of methoxy groups -OCH3 is 1. The number of sulfone groups is 1. The third kappa shape index (κ3) is 5.27. The molecule has 1 aliphatic rings. The number of amides is 1. The van der Waals surface area contributed by atoms with Crippen LogP contribution in [0.15, 0.2) is 28.8 Å². The lowest BCUT2D eigenvalue weighted by molar-refractivity contribution is -0.122. The van der Waals surface area contributed by atoms with E-state index in [0.717, 1.165) is 11.3 Å². The van der Waals surface area contributed by atoms with Gasteiger partial charge in [-0.3, -0.25) is 9.69 Å². The molecule has 2 heterocycles. The van der Waals surface area contributed by atoms with Crippen LogP contribution >= 0.6 is 0 Å². The van der Waals surface area contributed by atoms with E-state index in [-0.39, 0.29) is 30.0 Å². The van der Waals surface area contributed by atoms with E-state index in [2.05, 4.69) is 15.5 Å². The number of hydrogen-bond donors (Lipinski definition) is 1. The molecule has 0 radical (unpaired) electrons. The summed E-state index contributed by atoms with van der Waals surface area (Å²) in [6, 6.07) is 6.98. The van der Waals surface area contributed by atoms with E-state index >= 15 is 0 Å². The molecule has 0 unspecified atom stereocenters. The number of benzene rings is 1. The number of aromatic nitrogens is 2. The van der Waals surface area contributed by atoms with Crippen molar-refractivity contribution in [3.05, 3.63) is 30.2 Å². The Morgan fingerprint density at radius 2 is 2.11 bits per heavy atom. The Morgan fingerprint density at radius 3 is 2.74 bits per heavy atom. The molecule has 0 spiro atoms. The summed E-state index contributed by atoms with van der Waals surface area (Å²) in [6.45, 7) is 0.413. The first-order chi connectivity index (χ1) is 12.8. The average molecular weight is 394 g/mol. The van der Waals surface area contributed by atoms with Crippen molar-refractivity contribution in [2.75, 3.05) is 32.2 Å². The summed E-state index contributed by atoms with van der Waals surface area (Å²) < 4.78 is 33.2. The lowest BCUT2D eigenvalue weighted by Crippen LogP contribution is -2.41. The summed E-state index contributed by atoms with van der Waals surface area (Å²) in [5, 5.41) is 6.71. The molecule has 2 aromatic rings. The molecule has 9 nitrogen and oxygen atoms in total. The van der Waals surface area contributed by atoms with Crippen LogP contribution in [0, 0.1) is 0 Å². The number of nitrogens with zero attached hydrogens (tertiary/aromatic N) is 3. The van der Waals surface area contributed by atoms with Gasteiger partial charge in [0.25, 0.3) is 0 Å². The third-order valence-electron chi connectivity index (χ3n) is 4.23. The monoisotopic (exact) mass is 394 g/mol. The highest BCUT2D eigenvalue weighted by Crippen LogP contribution is 2.20. The van der Waals surface area contributed by atoms with Crippen molar-refractivity contribution < 1.29 is 22.5 Å². The summed E-state index contributed by atoms with van der Waals surface area (Å²) >= 11 is 0. The molecule has 27 heavy (non-hydrogen) atoms. The van der Waals surface area contributed by atoms with E-state index < -0.39 is 9.84 Å². The SMILES string of the molecule is COc1ccc(-c2noc(CN(C)CC(=O)N[C@H]3CCS(=O)(=O)C3)n2)cc1. The van der Waals surface area contributed by atoms with Gasteiger partial charge in [0.2, 0.25) is 17.6 Å². The van der Waals surface area contributed by atoms with Crippen LogP contribution in [-0.2, 0) is 21.2 Å². The highest BCUT2D eigenvalue weighted by molar-refractivity contribution is 7.91. The first-order valence-electron chi connectivity index (χ1n) is 8.50. The number of nitrogens with one attached hydrogen (secondary N) is 1. The molecule has 0 aliphatic carbocycles. The predicted molar refractivity (Wildman–Crippen MR) is 97.8 cm³/mol. The number of carbonyl (C=O) groups is 1. The molecular formula is C17H22N4O5S. The fraction of sp³-hybridized carbons (Fsp3) is 0.471. The summed E-state index contributed by atoms with van der Waals surface area (Å²) in [6.07, 6.45) is 0.465. The fourth-order valence-electron chi connectivity index (χ4n) is 2.89. The molecule has 1 aromatic heterocycles. The van der Waals surface area contributed by atoms with Gasteiger partial charge in [-0.2, -0.15) is 4.98 Å². The van der Waals surface area contributed by atoms with Gasteiger partial charge in [0, 0.05) is 11.6 Å². The Bertz CT molecular complexity index is 894. The highest BCUT2D eigenvalue weighted by Gasteiger charge is 2.29. The summed E-state index contributed by atoms with van der Waals surface area (Å²) in [7, 11) is 0.333. The first-order valence-corrected chi connectivity index (χ1v) is 10.3. The molecule has 1 aromatic carbocycles. The smallest absolute Gasteiger partial charge is 0.241 e. The minimum Gasteiger partial charge on any atom is -0.497 e. The van der Waals surface area contributed by atoms with E-state index in [0.29, 0.717) is 24.7 Å². The van der Waals surface area contributed by atoms with Crippen LogP contribution in [0.4, 0.5) is 0 Å².